The quantitative estimate of drug-likeness (QED) is 0.638. The summed E-state index contributed by atoms with van der Waals surface area (Å²) >= 11 is 3.65. The molecule has 2 aromatic heterocycles. The van der Waals surface area contributed by atoms with Crippen LogP contribution in [0.1, 0.15) is 16.8 Å². The number of nitrogens with zero attached hydrogens (tertiary/aromatic N) is 1. The van der Waals surface area contributed by atoms with Gasteiger partial charge in [-0.3, -0.25) is 0 Å². The zero-order chi connectivity index (χ0) is 11.8. The van der Waals surface area contributed by atoms with E-state index in [1.54, 1.807) is 11.3 Å². The van der Waals surface area contributed by atoms with Crippen LogP contribution in [0.2, 0.25) is 0 Å². The topological polar surface area (TPSA) is 12.9 Å². The fourth-order valence-electron chi connectivity index (χ4n) is 1.87. The van der Waals surface area contributed by atoms with Crippen LogP contribution in [0.3, 0.4) is 0 Å². The molecule has 0 saturated carbocycles. The van der Waals surface area contributed by atoms with E-state index in [2.05, 4.69) is 49.2 Å². The van der Waals surface area contributed by atoms with Gasteiger partial charge >= 0.3 is 0 Å². The first kappa shape index (κ1) is 10.9. The molecule has 2 heterocycles. The second kappa shape index (κ2) is 4.24. The van der Waals surface area contributed by atoms with Gasteiger partial charge in [-0.1, -0.05) is 13.0 Å². The predicted octanol–water partition coefficient (Wildman–Crippen LogP) is 4.90. The predicted molar refractivity (Wildman–Crippen MR) is 77.0 cm³/mol. The minimum absolute atomic E-state index is 1.02. The van der Waals surface area contributed by atoms with Crippen LogP contribution < -0.4 is 0 Å². The Morgan fingerprint density at radius 1 is 1.12 bits per heavy atom. The van der Waals surface area contributed by atoms with E-state index in [1.807, 2.05) is 11.3 Å². The molecule has 0 bridgehead atoms. The molecule has 0 unspecified atom stereocenters. The fourth-order valence-corrected chi connectivity index (χ4v) is 3.68. The second-order valence-corrected chi connectivity index (χ2v) is 6.46. The van der Waals surface area contributed by atoms with Crippen LogP contribution in [-0.2, 0) is 6.42 Å². The van der Waals surface area contributed by atoms with Crippen LogP contribution in [0.5, 0.6) is 0 Å². The normalized spacial score (nSPS) is 11.2. The smallest absolute Gasteiger partial charge is 0.0935 e. The van der Waals surface area contributed by atoms with Crippen molar-refractivity contribution in [2.24, 2.45) is 0 Å². The molecule has 3 aromatic rings. The van der Waals surface area contributed by atoms with Crippen molar-refractivity contribution >= 4 is 32.9 Å². The van der Waals surface area contributed by atoms with Crippen molar-refractivity contribution < 1.29 is 0 Å². The molecular weight excluding hydrogens is 246 g/mol. The van der Waals surface area contributed by atoms with Gasteiger partial charge in [0.25, 0.3) is 0 Å². The Labute approximate surface area is 109 Å². The number of thiophene rings is 1. The Bertz CT molecular complexity index is 664. The van der Waals surface area contributed by atoms with Crippen molar-refractivity contribution in [1.29, 1.82) is 0 Å². The first-order valence-corrected chi connectivity index (χ1v) is 7.36. The number of fused-ring (bicyclic) bond motifs is 1. The third kappa shape index (κ3) is 2.01. The summed E-state index contributed by atoms with van der Waals surface area (Å²) in [6.45, 7) is 4.30. The summed E-state index contributed by atoms with van der Waals surface area (Å²) in [6, 6.07) is 10.9. The Hall–Kier alpha value is -1.19. The van der Waals surface area contributed by atoms with Gasteiger partial charge in [-0.05, 0) is 43.2 Å². The van der Waals surface area contributed by atoms with Gasteiger partial charge in [0.15, 0.2) is 0 Å². The van der Waals surface area contributed by atoms with Crippen molar-refractivity contribution in [3.05, 3.63) is 40.2 Å². The average Bonchev–Trinajstić information content (AvgIpc) is 2.93. The van der Waals surface area contributed by atoms with Gasteiger partial charge in [0, 0.05) is 9.75 Å². The third-order valence-corrected chi connectivity index (χ3v) is 4.97. The highest BCUT2D eigenvalue weighted by Gasteiger charge is 2.05. The molecule has 1 aromatic carbocycles. The maximum Gasteiger partial charge on any atom is 0.0935 e. The average molecular weight is 259 g/mol. The van der Waals surface area contributed by atoms with Crippen LogP contribution >= 0.6 is 22.7 Å². The van der Waals surface area contributed by atoms with Crippen LogP contribution in [0.4, 0.5) is 0 Å². The summed E-state index contributed by atoms with van der Waals surface area (Å²) in [5, 5.41) is 1.22. The maximum absolute atomic E-state index is 4.59. The van der Waals surface area contributed by atoms with E-state index in [4.69, 9.17) is 0 Å². The van der Waals surface area contributed by atoms with Gasteiger partial charge < -0.3 is 0 Å². The zero-order valence-corrected chi connectivity index (χ0v) is 11.5. The molecule has 1 nitrogen and oxygen atoms in total. The van der Waals surface area contributed by atoms with Crippen LogP contribution in [0.25, 0.3) is 20.7 Å². The standard InChI is InChI=1S/C14H13NS2/c1-3-14-15-11-6-5-10(8-13(11)17-14)12-7-4-9(2)16-12/h4-8H,3H2,1-2H3. The second-order valence-electron chi connectivity index (χ2n) is 4.05. The minimum Gasteiger partial charge on any atom is -0.241 e. The lowest BCUT2D eigenvalue weighted by atomic mass is 10.2. The van der Waals surface area contributed by atoms with Crippen molar-refractivity contribution in [2.45, 2.75) is 20.3 Å². The van der Waals surface area contributed by atoms with Gasteiger partial charge in [-0.2, -0.15) is 0 Å². The first-order valence-electron chi connectivity index (χ1n) is 5.72. The minimum atomic E-state index is 1.02. The third-order valence-electron chi connectivity index (χ3n) is 2.76. The Balaban J connectivity index is 2.12. The Morgan fingerprint density at radius 2 is 2.00 bits per heavy atom. The van der Waals surface area contributed by atoms with Gasteiger partial charge in [0.05, 0.1) is 15.2 Å². The van der Waals surface area contributed by atoms with Crippen LogP contribution in [0.15, 0.2) is 30.3 Å². The lowest BCUT2D eigenvalue weighted by Gasteiger charge is -1.96. The van der Waals surface area contributed by atoms with E-state index >= 15 is 0 Å². The SMILES string of the molecule is CCc1nc2ccc(-c3ccc(C)s3)cc2s1. The number of hydrogen-bond donors (Lipinski definition) is 0. The van der Waals surface area contributed by atoms with Crippen molar-refractivity contribution in [1.82, 2.24) is 4.98 Å². The lowest BCUT2D eigenvalue weighted by molar-refractivity contribution is 1.11. The molecule has 0 aliphatic carbocycles. The van der Waals surface area contributed by atoms with Crippen LogP contribution in [-0.4, -0.2) is 4.98 Å². The molecule has 0 amide bonds. The number of aromatic nitrogens is 1. The number of rotatable bonds is 2. The highest BCUT2D eigenvalue weighted by molar-refractivity contribution is 7.18. The van der Waals surface area contributed by atoms with Gasteiger partial charge in [-0.25, -0.2) is 4.98 Å². The number of benzene rings is 1. The van der Waals surface area contributed by atoms with Crippen molar-refractivity contribution in [3.8, 4) is 10.4 Å². The lowest BCUT2D eigenvalue weighted by Crippen LogP contribution is -1.74. The highest BCUT2D eigenvalue weighted by Crippen LogP contribution is 2.32. The molecule has 0 atom stereocenters. The first-order chi connectivity index (χ1) is 8.26. The molecule has 0 N–H and O–H groups in total. The van der Waals surface area contributed by atoms with Gasteiger partial charge in [0.1, 0.15) is 0 Å². The van der Waals surface area contributed by atoms with E-state index in [0.29, 0.717) is 0 Å². The molecule has 17 heavy (non-hydrogen) atoms. The molecule has 0 fully saturated rings. The summed E-state index contributed by atoms with van der Waals surface area (Å²) in [5.41, 5.74) is 2.44. The van der Waals surface area contributed by atoms with E-state index < -0.39 is 0 Å². The molecule has 0 saturated heterocycles. The fraction of sp³-hybridized carbons (Fsp3) is 0.214. The summed E-state index contributed by atoms with van der Waals surface area (Å²) in [6.07, 6.45) is 1.02. The highest BCUT2D eigenvalue weighted by atomic mass is 32.1. The van der Waals surface area contributed by atoms with Gasteiger partial charge in [-0.15, -0.1) is 22.7 Å². The number of aryl methyl sites for hydroxylation is 2. The molecular formula is C14H13NS2. The molecule has 3 heteroatoms. The van der Waals surface area contributed by atoms with Crippen molar-refractivity contribution in [3.63, 3.8) is 0 Å². The van der Waals surface area contributed by atoms with E-state index in [-0.39, 0.29) is 0 Å². The number of thiazole rings is 1. The molecule has 0 spiro atoms. The molecule has 3 rings (SSSR count). The Morgan fingerprint density at radius 3 is 2.71 bits per heavy atom. The monoisotopic (exact) mass is 259 g/mol. The summed E-state index contributed by atoms with van der Waals surface area (Å²) in [4.78, 5) is 7.30. The Kier molecular flexibility index (Phi) is 2.73. The number of hydrogen-bond acceptors (Lipinski definition) is 3. The maximum atomic E-state index is 4.59. The van der Waals surface area contributed by atoms with Gasteiger partial charge in [0.2, 0.25) is 0 Å². The largest absolute Gasteiger partial charge is 0.241 e. The van der Waals surface area contributed by atoms with Crippen molar-refractivity contribution in [2.75, 3.05) is 0 Å². The van der Waals surface area contributed by atoms with E-state index in [9.17, 15) is 0 Å². The molecule has 0 aliphatic rings. The summed E-state index contributed by atoms with van der Waals surface area (Å²) in [5.74, 6) is 0. The van der Waals surface area contributed by atoms with E-state index in [1.165, 1.54) is 25.0 Å². The molecule has 86 valence electrons. The molecule has 0 radical (unpaired) electrons. The van der Waals surface area contributed by atoms with E-state index in [0.717, 1.165) is 11.9 Å². The zero-order valence-electron chi connectivity index (χ0n) is 9.86. The molecule has 0 aliphatic heterocycles. The van der Waals surface area contributed by atoms with Crippen LogP contribution in [0, 0.1) is 6.92 Å². The summed E-state index contributed by atoms with van der Waals surface area (Å²) in [7, 11) is 0. The summed E-state index contributed by atoms with van der Waals surface area (Å²) < 4.78 is 1.30.